The van der Waals surface area contributed by atoms with E-state index in [0.717, 1.165) is 31.1 Å². The number of thioether (sulfide) groups is 1. The second kappa shape index (κ2) is 8.44. The van der Waals surface area contributed by atoms with E-state index < -0.39 is 0 Å². The molecule has 0 amide bonds. The lowest BCUT2D eigenvalue weighted by molar-refractivity contribution is 0.0630. The molecule has 0 aromatic carbocycles. The SMILES string of the molecule is CNC(CCCCC1CCOCC1)C1CCSC1. The standard InChI is InChI=1S/C15H29NOS/c1-16-15(14-8-11-18-12-14)5-3-2-4-13-6-9-17-10-7-13/h13-16H,2-12H2,1H3. The van der Waals surface area contributed by atoms with Crippen molar-refractivity contribution in [3.63, 3.8) is 0 Å². The Morgan fingerprint density at radius 2 is 2.06 bits per heavy atom. The first-order valence-corrected chi connectivity index (χ1v) is 8.88. The Kier molecular flexibility index (Phi) is 6.88. The van der Waals surface area contributed by atoms with Crippen molar-refractivity contribution in [2.75, 3.05) is 31.8 Å². The molecule has 1 N–H and O–H groups in total. The quantitative estimate of drug-likeness (QED) is 0.718. The predicted octanol–water partition coefficient (Wildman–Crippen LogP) is 3.31. The van der Waals surface area contributed by atoms with Crippen molar-refractivity contribution >= 4 is 11.8 Å². The fourth-order valence-corrected chi connectivity index (χ4v) is 4.66. The van der Waals surface area contributed by atoms with Gasteiger partial charge in [-0.1, -0.05) is 19.3 Å². The van der Waals surface area contributed by atoms with E-state index in [1.54, 1.807) is 0 Å². The number of nitrogens with one attached hydrogen (secondary N) is 1. The largest absolute Gasteiger partial charge is 0.381 e. The van der Waals surface area contributed by atoms with E-state index in [2.05, 4.69) is 24.1 Å². The van der Waals surface area contributed by atoms with Crippen LogP contribution in [0.3, 0.4) is 0 Å². The highest BCUT2D eigenvalue weighted by atomic mass is 32.2. The third-order valence-corrected chi connectivity index (χ3v) is 5.81. The number of hydrogen-bond acceptors (Lipinski definition) is 3. The minimum absolute atomic E-state index is 0.773. The molecular formula is C15H29NOS. The van der Waals surface area contributed by atoms with Crippen molar-refractivity contribution in [3.05, 3.63) is 0 Å². The summed E-state index contributed by atoms with van der Waals surface area (Å²) in [6, 6.07) is 0.773. The van der Waals surface area contributed by atoms with Gasteiger partial charge in [-0.15, -0.1) is 0 Å². The number of unbranched alkanes of at least 4 members (excludes halogenated alkanes) is 1. The molecule has 0 radical (unpaired) electrons. The van der Waals surface area contributed by atoms with Crippen molar-refractivity contribution in [3.8, 4) is 0 Å². The van der Waals surface area contributed by atoms with Crippen molar-refractivity contribution in [2.45, 2.75) is 51.0 Å². The summed E-state index contributed by atoms with van der Waals surface area (Å²) in [6.45, 7) is 2.01. The fourth-order valence-electron chi connectivity index (χ4n) is 3.32. The maximum Gasteiger partial charge on any atom is 0.0468 e. The lowest BCUT2D eigenvalue weighted by Gasteiger charge is -2.24. The molecule has 2 fully saturated rings. The van der Waals surface area contributed by atoms with E-state index in [9.17, 15) is 0 Å². The first-order chi connectivity index (χ1) is 8.90. The summed E-state index contributed by atoms with van der Waals surface area (Å²) >= 11 is 2.13. The average Bonchev–Trinajstić information content (AvgIpc) is 2.94. The van der Waals surface area contributed by atoms with Crippen LogP contribution in [0.2, 0.25) is 0 Å². The van der Waals surface area contributed by atoms with Crippen LogP contribution in [-0.4, -0.2) is 37.8 Å². The van der Waals surface area contributed by atoms with Crippen LogP contribution in [0.25, 0.3) is 0 Å². The highest BCUT2D eigenvalue weighted by molar-refractivity contribution is 7.99. The molecule has 2 aliphatic rings. The Hall–Kier alpha value is 0.270. The maximum absolute atomic E-state index is 5.42. The van der Waals surface area contributed by atoms with Gasteiger partial charge in [-0.2, -0.15) is 11.8 Å². The molecule has 3 heteroatoms. The molecule has 2 nitrogen and oxygen atoms in total. The van der Waals surface area contributed by atoms with E-state index in [0.29, 0.717) is 0 Å². The molecule has 0 saturated carbocycles. The Labute approximate surface area is 117 Å². The second-order valence-electron chi connectivity index (χ2n) is 5.86. The minimum Gasteiger partial charge on any atom is -0.381 e. The Morgan fingerprint density at radius 1 is 1.22 bits per heavy atom. The van der Waals surface area contributed by atoms with Crippen LogP contribution in [0.15, 0.2) is 0 Å². The van der Waals surface area contributed by atoms with Crippen LogP contribution in [-0.2, 0) is 4.74 Å². The van der Waals surface area contributed by atoms with Gasteiger partial charge >= 0.3 is 0 Å². The molecule has 2 rings (SSSR count). The number of ether oxygens (including phenoxy) is 1. The van der Waals surface area contributed by atoms with Crippen molar-refractivity contribution in [1.82, 2.24) is 5.32 Å². The summed E-state index contributed by atoms with van der Waals surface area (Å²) in [5.41, 5.74) is 0. The number of hydrogen-bond donors (Lipinski definition) is 1. The molecule has 0 aromatic heterocycles. The zero-order valence-corrected chi connectivity index (χ0v) is 12.6. The van der Waals surface area contributed by atoms with Crippen LogP contribution in [0.4, 0.5) is 0 Å². The second-order valence-corrected chi connectivity index (χ2v) is 7.01. The van der Waals surface area contributed by atoms with Gasteiger partial charge in [0.25, 0.3) is 0 Å². The molecule has 2 saturated heterocycles. The van der Waals surface area contributed by atoms with Gasteiger partial charge in [0.15, 0.2) is 0 Å². The van der Waals surface area contributed by atoms with Gasteiger partial charge in [-0.25, -0.2) is 0 Å². The first-order valence-electron chi connectivity index (χ1n) is 7.73. The summed E-state index contributed by atoms with van der Waals surface area (Å²) < 4.78 is 5.42. The van der Waals surface area contributed by atoms with Gasteiger partial charge in [0, 0.05) is 19.3 Å². The summed E-state index contributed by atoms with van der Waals surface area (Å²) in [5.74, 6) is 4.65. The van der Waals surface area contributed by atoms with Crippen LogP contribution in [0.5, 0.6) is 0 Å². The molecule has 18 heavy (non-hydrogen) atoms. The molecule has 0 bridgehead atoms. The minimum atomic E-state index is 0.773. The van der Waals surface area contributed by atoms with Gasteiger partial charge in [-0.05, 0) is 56.1 Å². The Morgan fingerprint density at radius 3 is 2.72 bits per heavy atom. The Balaban J connectivity index is 1.55. The van der Waals surface area contributed by atoms with Gasteiger partial charge in [-0.3, -0.25) is 0 Å². The van der Waals surface area contributed by atoms with Crippen molar-refractivity contribution in [1.29, 1.82) is 0 Å². The van der Waals surface area contributed by atoms with Gasteiger partial charge in [0.05, 0.1) is 0 Å². The summed E-state index contributed by atoms with van der Waals surface area (Å²) in [7, 11) is 2.14. The number of rotatable bonds is 7. The molecule has 2 atom stereocenters. The van der Waals surface area contributed by atoms with Gasteiger partial charge in [0.2, 0.25) is 0 Å². The lowest BCUT2D eigenvalue weighted by Crippen LogP contribution is -2.33. The zero-order chi connectivity index (χ0) is 12.6. The molecule has 2 unspecified atom stereocenters. The van der Waals surface area contributed by atoms with Crippen LogP contribution < -0.4 is 5.32 Å². The third kappa shape index (κ3) is 4.75. The average molecular weight is 271 g/mol. The van der Waals surface area contributed by atoms with Crippen LogP contribution >= 0.6 is 11.8 Å². The normalized spacial score (nSPS) is 27.5. The topological polar surface area (TPSA) is 21.3 Å². The smallest absolute Gasteiger partial charge is 0.0468 e. The van der Waals surface area contributed by atoms with Crippen LogP contribution in [0, 0.1) is 11.8 Å². The monoisotopic (exact) mass is 271 g/mol. The molecular weight excluding hydrogens is 242 g/mol. The van der Waals surface area contributed by atoms with E-state index in [4.69, 9.17) is 4.74 Å². The van der Waals surface area contributed by atoms with Gasteiger partial charge in [0.1, 0.15) is 0 Å². The zero-order valence-electron chi connectivity index (χ0n) is 11.8. The maximum atomic E-state index is 5.42. The molecule has 2 aliphatic heterocycles. The molecule has 106 valence electrons. The summed E-state index contributed by atoms with van der Waals surface area (Å²) in [5, 5.41) is 3.55. The van der Waals surface area contributed by atoms with Crippen LogP contribution in [0.1, 0.15) is 44.9 Å². The van der Waals surface area contributed by atoms with Crippen molar-refractivity contribution in [2.24, 2.45) is 11.8 Å². The van der Waals surface area contributed by atoms with Crippen molar-refractivity contribution < 1.29 is 4.74 Å². The molecule has 0 aliphatic carbocycles. The van der Waals surface area contributed by atoms with E-state index >= 15 is 0 Å². The highest BCUT2D eigenvalue weighted by Gasteiger charge is 2.23. The van der Waals surface area contributed by atoms with Gasteiger partial charge < -0.3 is 10.1 Å². The Bertz CT molecular complexity index is 213. The van der Waals surface area contributed by atoms with E-state index in [-0.39, 0.29) is 0 Å². The highest BCUT2D eigenvalue weighted by Crippen LogP contribution is 2.29. The lowest BCUT2D eigenvalue weighted by atomic mass is 9.90. The summed E-state index contributed by atoms with van der Waals surface area (Å²) in [4.78, 5) is 0. The molecule has 0 spiro atoms. The molecule has 0 aromatic rings. The molecule has 2 heterocycles. The first kappa shape index (κ1) is 14.7. The third-order valence-electron chi connectivity index (χ3n) is 4.62. The predicted molar refractivity (Wildman–Crippen MR) is 80.3 cm³/mol. The van der Waals surface area contributed by atoms with E-state index in [1.165, 1.54) is 56.5 Å². The fraction of sp³-hybridized carbons (Fsp3) is 1.00. The van der Waals surface area contributed by atoms with E-state index in [1.807, 2.05) is 0 Å². The summed E-state index contributed by atoms with van der Waals surface area (Å²) in [6.07, 6.45) is 9.66.